The number of likely N-dealkylation sites (tertiary alicyclic amines) is 1. The van der Waals surface area contributed by atoms with Crippen molar-refractivity contribution in [2.75, 3.05) is 19.0 Å². The largest absolute Gasteiger partial charge is 0.497 e. The average molecular weight is 416 g/mol. The second-order valence-corrected chi connectivity index (χ2v) is 7.32. The van der Waals surface area contributed by atoms with E-state index in [4.69, 9.17) is 9.47 Å². The van der Waals surface area contributed by atoms with E-state index in [9.17, 15) is 9.59 Å². The molecule has 1 atom stereocenters. The number of nitrogens with one attached hydrogen (secondary N) is 1. The minimum Gasteiger partial charge on any atom is -0.497 e. The lowest BCUT2D eigenvalue weighted by atomic mass is 10.1. The molecule has 31 heavy (non-hydrogen) atoms. The number of amides is 2. The van der Waals surface area contributed by atoms with Crippen molar-refractivity contribution in [2.45, 2.75) is 18.9 Å². The molecular weight excluding hydrogens is 392 g/mol. The molecule has 158 valence electrons. The highest BCUT2D eigenvalue weighted by Gasteiger charge is 2.34. The molecular formula is C25H24N2O4. The van der Waals surface area contributed by atoms with Crippen LogP contribution in [0.4, 0.5) is 5.69 Å². The maximum Gasteiger partial charge on any atom is 0.254 e. The van der Waals surface area contributed by atoms with Gasteiger partial charge < -0.3 is 19.7 Å². The van der Waals surface area contributed by atoms with Gasteiger partial charge in [0.05, 0.1) is 7.11 Å². The molecule has 4 rings (SSSR count). The smallest absolute Gasteiger partial charge is 0.254 e. The van der Waals surface area contributed by atoms with Crippen LogP contribution in [0.1, 0.15) is 23.2 Å². The summed E-state index contributed by atoms with van der Waals surface area (Å²) in [6, 6.07) is 23.1. The van der Waals surface area contributed by atoms with E-state index in [1.54, 1.807) is 54.5 Å². The monoisotopic (exact) mass is 416 g/mol. The van der Waals surface area contributed by atoms with E-state index >= 15 is 0 Å². The molecule has 0 radical (unpaired) electrons. The topological polar surface area (TPSA) is 67.9 Å². The first-order chi connectivity index (χ1) is 15.1. The minimum absolute atomic E-state index is 0.175. The fourth-order valence-corrected chi connectivity index (χ4v) is 3.67. The number of methoxy groups -OCH3 is 1. The van der Waals surface area contributed by atoms with Crippen molar-refractivity contribution in [3.8, 4) is 17.2 Å². The lowest BCUT2D eigenvalue weighted by molar-refractivity contribution is -0.119. The molecule has 0 saturated carbocycles. The molecule has 0 aliphatic carbocycles. The van der Waals surface area contributed by atoms with E-state index in [0.717, 1.165) is 6.42 Å². The molecule has 6 nitrogen and oxygen atoms in total. The third-order valence-electron chi connectivity index (χ3n) is 5.23. The number of nitrogens with zero attached hydrogens (tertiary/aromatic N) is 1. The average Bonchev–Trinajstić information content (AvgIpc) is 3.30. The highest BCUT2D eigenvalue weighted by molar-refractivity contribution is 6.01. The van der Waals surface area contributed by atoms with Crippen molar-refractivity contribution in [1.29, 1.82) is 0 Å². The highest BCUT2D eigenvalue weighted by Crippen LogP contribution is 2.26. The number of ether oxygens (including phenoxy) is 2. The van der Waals surface area contributed by atoms with Crippen LogP contribution >= 0.6 is 0 Å². The lowest BCUT2D eigenvalue weighted by Crippen LogP contribution is -2.43. The van der Waals surface area contributed by atoms with Crippen LogP contribution in [0, 0.1) is 0 Å². The van der Waals surface area contributed by atoms with Crippen molar-refractivity contribution in [2.24, 2.45) is 0 Å². The van der Waals surface area contributed by atoms with Gasteiger partial charge in [-0.1, -0.05) is 24.3 Å². The number of carbonyl (C=O) groups is 2. The Bertz CT molecular complexity index is 1050. The van der Waals surface area contributed by atoms with Gasteiger partial charge in [0.15, 0.2) is 0 Å². The van der Waals surface area contributed by atoms with Crippen LogP contribution in [0.5, 0.6) is 17.2 Å². The molecule has 3 aromatic carbocycles. The van der Waals surface area contributed by atoms with Gasteiger partial charge in [0.2, 0.25) is 5.91 Å². The van der Waals surface area contributed by atoms with Crippen LogP contribution in [0.3, 0.4) is 0 Å². The Balaban J connectivity index is 1.46. The second kappa shape index (κ2) is 9.34. The molecule has 1 saturated heterocycles. The highest BCUT2D eigenvalue weighted by atomic mass is 16.5. The van der Waals surface area contributed by atoms with E-state index in [1.165, 1.54) is 0 Å². The van der Waals surface area contributed by atoms with Gasteiger partial charge in [0.25, 0.3) is 5.91 Å². The molecule has 1 heterocycles. The van der Waals surface area contributed by atoms with Crippen LogP contribution in [0.25, 0.3) is 0 Å². The molecule has 2 amide bonds. The molecule has 1 N–H and O–H groups in total. The maximum atomic E-state index is 13.2. The Morgan fingerprint density at radius 3 is 2.39 bits per heavy atom. The molecule has 0 bridgehead atoms. The van der Waals surface area contributed by atoms with E-state index in [-0.39, 0.29) is 11.8 Å². The van der Waals surface area contributed by atoms with Crippen LogP contribution in [-0.4, -0.2) is 36.4 Å². The summed E-state index contributed by atoms with van der Waals surface area (Å²) in [4.78, 5) is 27.7. The van der Waals surface area contributed by atoms with Crippen molar-refractivity contribution in [1.82, 2.24) is 4.90 Å². The summed E-state index contributed by atoms with van der Waals surface area (Å²) in [7, 11) is 1.59. The minimum atomic E-state index is -0.506. The van der Waals surface area contributed by atoms with Gasteiger partial charge in [-0.2, -0.15) is 0 Å². The third-order valence-corrected chi connectivity index (χ3v) is 5.23. The molecule has 1 aliphatic rings. The molecule has 6 heteroatoms. The van der Waals surface area contributed by atoms with Crippen LogP contribution < -0.4 is 14.8 Å². The predicted molar refractivity (Wildman–Crippen MR) is 119 cm³/mol. The lowest BCUT2D eigenvalue weighted by Gasteiger charge is -2.24. The summed E-state index contributed by atoms with van der Waals surface area (Å²) in [5, 5.41) is 2.90. The van der Waals surface area contributed by atoms with Crippen molar-refractivity contribution >= 4 is 17.5 Å². The first-order valence-electron chi connectivity index (χ1n) is 10.2. The number of benzene rings is 3. The summed E-state index contributed by atoms with van der Waals surface area (Å²) in [5.41, 5.74) is 1.17. The summed E-state index contributed by atoms with van der Waals surface area (Å²) < 4.78 is 11.0. The number of para-hydroxylation sites is 1. The fourth-order valence-electron chi connectivity index (χ4n) is 3.67. The number of hydrogen-bond acceptors (Lipinski definition) is 4. The number of rotatable bonds is 6. The Morgan fingerprint density at radius 1 is 0.903 bits per heavy atom. The molecule has 1 unspecified atom stereocenters. The Labute approximate surface area is 181 Å². The first-order valence-corrected chi connectivity index (χ1v) is 10.2. The quantitative estimate of drug-likeness (QED) is 0.631. The standard InChI is InChI=1S/C25H24N2O4/c1-30-20-14-12-19(13-15-20)26-24(28)23-11-6-16-27(23)25(29)18-7-5-10-22(17-18)31-21-8-3-2-4-9-21/h2-5,7-10,12-15,17,23H,6,11,16H2,1H3,(H,26,28). The van der Waals surface area contributed by atoms with E-state index in [2.05, 4.69) is 5.32 Å². The fraction of sp³-hybridized carbons (Fsp3) is 0.200. The molecule has 0 spiro atoms. The number of anilines is 1. The molecule has 0 aromatic heterocycles. The van der Waals surface area contributed by atoms with E-state index in [1.807, 2.05) is 36.4 Å². The summed E-state index contributed by atoms with van der Waals surface area (Å²) in [6.07, 6.45) is 1.42. The van der Waals surface area contributed by atoms with Gasteiger partial charge in [-0.05, 0) is 67.4 Å². The first kappa shape index (κ1) is 20.5. The van der Waals surface area contributed by atoms with Gasteiger partial charge in [-0.3, -0.25) is 9.59 Å². The van der Waals surface area contributed by atoms with Crippen LogP contribution in [0.15, 0.2) is 78.9 Å². The summed E-state index contributed by atoms with van der Waals surface area (Å²) >= 11 is 0. The zero-order valence-electron chi connectivity index (χ0n) is 17.3. The Morgan fingerprint density at radius 2 is 1.65 bits per heavy atom. The van der Waals surface area contributed by atoms with Gasteiger partial charge >= 0.3 is 0 Å². The normalized spacial score (nSPS) is 15.4. The predicted octanol–water partition coefficient (Wildman–Crippen LogP) is 4.73. The zero-order chi connectivity index (χ0) is 21.6. The van der Waals surface area contributed by atoms with Crippen molar-refractivity contribution in [3.63, 3.8) is 0 Å². The molecule has 1 aliphatic heterocycles. The summed E-state index contributed by atoms with van der Waals surface area (Å²) in [5.74, 6) is 1.63. The van der Waals surface area contributed by atoms with Gasteiger partial charge in [-0.25, -0.2) is 0 Å². The van der Waals surface area contributed by atoms with E-state index in [0.29, 0.717) is 41.5 Å². The summed E-state index contributed by atoms with van der Waals surface area (Å²) in [6.45, 7) is 0.545. The molecule has 1 fully saturated rings. The maximum absolute atomic E-state index is 13.2. The SMILES string of the molecule is COc1ccc(NC(=O)C2CCCN2C(=O)c2cccc(Oc3ccccc3)c2)cc1. The van der Waals surface area contributed by atoms with E-state index < -0.39 is 6.04 Å². The van der Waals surface area contributed by atoms with Gasteiger partial charge in [0, 0.05) is 17.8 Å². The molecule has 3 aromatic rings. The Hall–Kier alpha value is -3.80. The zero-order valence-corrected chi connectivity index (χ0v) is 17.3. The van der Waals surface area contributed by atoms with Gasteiger partial charge in [0.1, 0.15) is 23.3 Å². The van der Waals surface area contributed by atoms with Crippen LogP contribution in [-0.2, 0) is 4.79 Å². The number of hydrogen-bond donors (Lipinski definition) is 1. The third kappa shape index (κ3) is 4.86. The van der Waals surface area contributed by atoms with Crippen LogP contribution in [0.2, 0.25) is 0 Å². The number of carbonyl (C=O) groups excluding carboxylic acids is 2. The van der Waals surface area contributed by atoms with Crippen molar-refractivity contribution < 1.29 is 19.1 Å². The van der Waals surface area contributed by atoms with Gasteiger partial charge in [-0.15, -0.1) is 0 Å². The van der Waals surface area contributed by atoms with Crippen molar-refractivity contribution in [3.05, 3.63) is 84.4 Å². The second-order valence-electron chi connectivity index (χ2n) is 7.32. The Kier molecular flexibility index (Phi) is 6.17.